The lowest BCUT2D eigenvalue weighted by molar-refractivity contribution is -0.115. The molecule has 1 amide bonds. The third-order valence-electron chi connectivity index (χ3n) is 3.71. The molecule has 0 saturated carbocycles. The average Bonchev–Trinajstić information content (AvgIpc) is 3.22. The molecule has 0 unspecified atom stereocenters. The van der Waals surface area contributed by atoms with Crippen molar-refractivity contribution in [2.45, 2.75) is 37.7 Å². The summed E-state index contributed by atoms with van der Waals surface area (Å²) in [5, 5.41) is 20.9. The first-order valence-corrected chi connectivity index (χ1v) is 10.1. The first-order valence-electron chi connectivity index (χ1n) is 8.36. The van der Waals surface area contributed by atoms with Gasteiger partial charge < -0.3 is 0 Å². The van der Waals surface area contributed by atoms with Crippen LogP contribution in [0.4, 0.5) is 5.13 Å². The topological polar surface area (TPSA) is 85.6 Å². The zero-order chi connectivity index (χ0) is 19.4. The summed E-state index contributed by atoms with van der Waals surface area (Å²) in [6.45, 7) is 10.1. The number of hydrogen-bond acceptors (Lipinski definition) is 7. The van der Waals surface area contributed by atoms with Crippen LogP contribution in [-0.2, 0) is 11.3 Å². The van der Waals surface area contributed by atoms with Crippen molar-refractivity contribution in [3.63, 3.8) is 0 Å². The zero-order valence-corrected chi connectivity index (χ0v) is 17.0. The predicted octanol–water partition coefficient (Wildman–Crippen LogP) is 3.72. The van der Waals surface area contributed by atoms with Crippen LogP contribution in [0.15, 0.2) is 42.1 Å². The second-order valence-electron chi connectivity index (χ2n) is 5.95. The highest BCUT2D eigenvalue weighted by Crippen LogP contribution is 2.28. The lowest BCUT2D eigenvalue weighted by atomic mass is 10.1. The van der Waals surface area contributed by atoms with Crippen LogP contribution in [0.2, 0.25) is 0 Å². The number of aromatic nitrogens is 5. The van der Waals surface area contributed by atoms with Gasteiger partial charge in [0.05, 0.1) is 5.25 Å². The quantitative estimate of drug-likeness (QED) is 0.481. The van der Waals surface area contributed by atoms with Crippen molar-refractivity contribution >= 4 is 34.1 Å². The molecule has 140 valence electrons. The molecule has 2 aromatic heterocycles. The Kier molecular flexibility index (Phi) is 6.02. The lowest BCUT2D eigenvalue weighted by Crippen LogP contribution is -2.22. The van der Waals surface area contributed by atoms with E-state index in [4.69, 9.17) is 0 Å². The van der Waals surface area contributed by atoms with Gasteiger partial charge in [0, 0.05) is 12.1 Å². The Morgan fingerprint density at radius 1 is 1.33 bits per heavy atom. The van der Waals surface area contributed by atoms with E-state index < -0.39 is 0 Å². The predicted molar refractivity (Wildman–Crippen MR) is 109 cm³/mol. The van der Waals surface area contributed by atoms with Gasteiger partial charge in [-0.2, -0.15) is 0 Å². The number of rotatable bonds is 7. The fourth-order valence-electron chi connectivity index (χ4n) is 2.43. The van der Waals surface area contributed by atoms with Crippen molar-refractivity contribution in [2.24, 2.45) is 0 Å². The molecule has 2 heterocycles. The molecule has 0 aliphatic carbocycles. The average molecular weight is 401 g/mol. The number of carbonyl (C=O) groups is 1. The lowest BCUT2D eigenvalue weighted by Gasteiger charge is -2.12. The molecule has 1 N–H and O–H groups in total. The highest BCUT2D eigenvalue weighted by atomic mass is 32.2. The summed E-state index contributed by atoms with van der Waals surface area (Å²) in [4.78, 5) is 12.4. The van der Waals surface area contributed by atoms with Gasteiger partial charge in [-0.1, -0.05) is 52.9 Å². The van der Waals surface area contributed by atoms with Gasteiger partial charge in [0.15, 0.2) is 11.0 Å². The first-order chi connectivity index (χ1) is 13.0. The van der Waals surface area contributed by atoms with Crippen molar-refractivity contribution < 1.29 is 4.79 Å². The van der Waals surface area contributed by atoms with E-state index in [1.807, 2.05) is 43.5 Å². The molecule has 0 fully saturated rings. The van der Waals surface area contributed by atoms with Gasteiger partial charge in [-0.25, -0.2) is 0 Å². The van der Waals surface area contributed by atoms with Crippen molar-refractivity contribution in [3.05, 3.63) is 47.5 Å². The number of nitrogens with zero attached hydrogens (tertiary/aromatic N) is 5. The Morgan fingerprint density at radius 3 is 2.81 bits per heavy atom. The molecule has 0 aliphatic heterocycles. The summed E-state index contributed by atoms with van der Waals surface area (Å²) >= 11 is 2.69. The smallest absolute Gasteiger partial charge is 0.239 e. The number of benzene rings is 1. The maximum atomic E-state index is 12.4. The molecule has 3 aromatic rings. The number of allylic oxidation sites excluding steroid dienone is 1. The Labute approximate surface area is 165 Å². The second-order valence-corrected chi connectivity index (χ2v) is 8.44. The van der Waals surface area contributed by atoms with Crippen LogP contribution < -0.4 is 5.32 Å². The van der Waals surface area contributed by atoms with E-state index in [1.54, 1.807) is 6.08 Å². The molecule has 0 bridgehead atoms. The second kappa shape index (κ2) is 8.45. The van der Waals surface area contributed by atoms with Gasteiger partial charge in [0.1, 0.15) is 5.01 Å². The van der Waals surface area contributed by atoms with Crippen molar-refractivity contribution in [1.82, 2.24) is 25.0 Å². The van der Waals surface area contributed by atoms with Crippen LogP contribution in [0.25, 0.3) is 11.4 Å². The third-order valence-corrected chi connectivity index (χ3v) is 5.55. The van der Waals surface area contributed by atoms with Crippen LogP contribution in [0, 0.1) is 13.8 Å². The zero-order valence-electron chi connectivity index (χ0n) is 15.3. The van der Waals surface area contributed by atoms with Gasteiger partial charge in [-0.05, 0) is 26.8 Å². The summed E-state index contributed by atoms with van der Waals surface area (Å²) < 4.78 is 1.96. The number of nitrogens with one attached hydrogen (secondary N) is 1. The standard InChI is InChI=1S/C18H20N6OS2/c1-5-9-24-15(14-8-6-7-11(2)10-14)21-23-18(24)26-12(3)16(25)19-17-22-20-13(4)27-17/h5-8,10,12H,1,9H2,2-4H3,(H,19,22,25)/t12-/m1/s1. The van der Waals surface area contributed by atoms with E-state index in [-0.39, 0.29) is 11.2 Å². The van der Waals surface area contributed by atoms with Crippen LogP contribution >= 0.6 is 23.1 Å². The normalized spacial score (nSPS) is 12.0. The SMILES string of the molecule is C=CCn1c(S[C@H](C)C(=O)Nc2nnc(C)s2)nnc1-c1cccc(C)c1. The summed E-state index contributed by atoms with van der Waals surface area (Å²) in [7, 11) is 0. The Bertz CT molecular complexity index is 964. The molecule has 1 aromatic carbocycles. The van der Waals surface area contributed by atoms with E-state index in [2.05, 4.69) is 38.4 Å². The minimum atomic E-state index is -0.368. The van der Waals surface area contributed by atoms with E-state index in [0.717, 1.165) is 22.0 Å². The largest absolute Gasteiger partial charge is 0.300 e. The van der Waals surface area contributed by atoms with Crippen LogP contribution in [-0.4, -0.2) is 36.1 Å². The molecule has 0 radical (unpaired) electrons. The van der Waals surface area contributed by atoms with Gasteiger partial charge in [0.2, 0.25) is 11.0 Å². The van der Waals surface area contributed by atoms with Gasteiger partial charge >= 0.3 is 0 Å². The first kappa shape index (κ1) is 19.2. The number of carbonyl (C=O) groups excluding carboxylic acids is 1. The molecular weight excluding hydrogens is 380 g/mol. The highest BCUT2D eigenvalue weighted by molar-refractivity contribution is 8.00. The summed E-state index contributed by atoms with van der Waals surface area (Å²) in [6, 6.07) is 8.09. The number of hydrogen-bond donors (Lipinski definition) is 1. The molecule has 9 heteroatoms. The van der Waals surface area contributed by atoms with E-state index in [1.165, 1.54) is 23.1 Å². The van der Waals surface area contributed by atoms with E-state index in [0.29, 0.717) is 16.8 Å². The van der Waals surface area contributed by atoms with Gasteiger partial charge in [0.25, 0.3) is 0 Å². The molecule has 7 nitrogen and oxygen atoms in total. The Morgan fingerprint density at radius 2 is 2.15 bits per heavy atom. The summed E-state index contributed by atoms with van der Waals surface area (Å²) in [5.74, 6) is 0.606. The van der Waals surface area contributed by atoms with Gasteiger partial charge in [-0.3, -0.25) is 14.7 Å². The van der Waals surface area contributed by atoms with Crippen LogP contribution in [0.5, 0.6) is 0 Å². The molecule has 0 spiro atoms. The molecule has 0 aliphatic rings. The van der Waals surface area contributed by atoms with E-state index >= 15 is 0 Å². The third kappa shape index (κ3) is 4.61. The Hall–Kier alpha value is -2.52. The van der Waals surface area contributed by atoms with Crippen LogP contribution in [0.1, 0.15) is 17.5 Å². The van der Waals surface area contributed by atoms with Gasteiger partial charge in [-0.15, -0.1) is 27.0 Å². The van der Waals surface area contributed by atoms with Crippen molar-refractivity contribution in [3.8, 4) is 11.4 Å². The Balaban J connectivity index is 1.79. The molecule has 3 rings (SSSR count). The molecule has 1 atom stereocenters. The van der Waals surface area contributed by atoms with Crippen molar-refractivity contribution in [1.29, 1.82) is 0 Å². The number of thioether (sulfide) groups is 1. The number of aryl methyl sites for hydroxylation is 2. The highest BCUT2D eigenvalue weighted by Gasteiger charge is 2.21. The summed E-state index contributed by atoms with van der Waals surface area (Å²) in [6.07, 6.45) is 1.79. The number of anilines is 1. The minimum Gasteiger partial charge on any atom is -0.300 e. The minimum absolute atomic E-state index is 0.151. The maximum absolute atomic E-state index is 12.4. The maximum Gasteiger partial charge on any atom is 0.239 e. The fourth-order valence-corrected chi connectivity index (χ4v) is 3.89. The van der Waals surface area contributed by atoms with E-state index in [9.17, 15) is 4.79 Å². The molecule has 0 saturated heterocycles. The molecular formula is C18H20N6OS2. The van der Waals surface area contributed by atoms with Crippen LogP contribution in [0.3, 0.4) is 0 Å². The van der Waals surface area contributed by atoms with Crippen molar-refractivity contribution in [2.75, 3.05) is 5.32 Å². The fraction of sp³-hybridized carbons (Fsp3) is 0.278. The molecule has 27 heavy (non-hydrogen) atoms. The monoisotopic (exact) mass is 400 g/mol. The summed E-state index contributed by atoms with van der Waals surface area (Å²) in [5.41, 5.74) is 2.13. The number of amides is 1.